The van der Waals surface area contributed by atoms with Crippen LogP contribution in [0.15, 0.2) is 60.7 Å². The van der Waals surface area contributed by atoms with Crippen LogP contribution >= 0.6 is 12.6 Å². The third-order valence-corrected chi connectivity index (χ3v) is 9.55. The number of thiol groups is 1. The standard InChI is InChI=1S/C19H26O2SSi/c1-19(2,3)23(21-14-16(20)15-22,17-10-6-4-7-11-17)18-12-8-5-9-13-18/h4-13,16,20,22H,14-15H2,1-3H3/t16-/m0/s1. The smallest absolute Gasteiger partial charge is 0.261 e. The van der Waals surface area contributed by atoms with Crippen molar-refractivity contribution in [3.63, 3.8) is 0 Å². The van der Waals surface area contributed by atoms with Crippen molar-refractivity contribution < 1.29 is 9.53 Å². The van der Waals surface area contributed by atoms with E-state index in [9.17, 15) is 5.11 Å². The van der Waals surface area contributed by atoms with Gasteiger partial charge in [-0.25, -0.2) is 0 Å². The van der Waals surface area contributed by atoms with Crippen molar-refractivity contribution in [1.29, 1.82) is 0 Å². The third-order valence-electron chi connectivity index (χ3n) is 4.12. The quantitative estimate of drug-likeness (QED) is 0.622. The topological polar surface area (TPSA) is 29.5 Å². The fraction of sp³-hybridized carbons (Fsp3) is 0.368. The molecule has 0 spiro atoms. The first-order valence-corrected chi connectivity index (χ1v) is 10.5. The summed E-state index contributed by atoms with van der Waals surface area (Å²) < 4.78 is 6.56. The van der Waals surface area contributed by atoms with Crippen LogP contribution in [0.2, 0.25) is 5.04 Å². The van der Waals surface area contributed by atoms with Crippen LogP contribution in [0.3, 0.4) is 0 Å². The number of hydrogen-bond donors (Lipinski definition) is 2. The van der Waals surface area contributed by atoms with Gasteiger partial charge in [0.2, 0.25) is 0 Å². The summed E-state index contributed by atoms with van der Waals surface area (Å²) in [6.07, 6.45) is -0.556. The van der Waals surface area contributed by atoms with E-state index >= 15 is 0 Å². The summed E-state index contributed by atoms with van der Waals surface area (Å²) in [4.78, 5) is 0. The Morgan fingerprint density at radius 1 is 0.957 bits per heavy atom. The Labute approximate surface area is 146 Å². The van der Waals surface area contributed by atoms with Crippen LogP contribution in [0.25, 0.3) is 0 Å². The lowest BCUT2D eigenvalue weighted by Crippen LogP contribution is -2.67. The molecule has 124 valence electrons. The van der Waals surface area contributed by atoms with Gasteiger partial charge >= 0.3 is 0 Å². The molecule has 1 N–H and O–H groups in total. The number of hydrogen-bond acceptors (Lipinski definition) is 3. The molecule has 0 saturated heterocycles. The maximum absolute atomic E-state index is 10.0. The fourth-order valence-corrected chi connectivity index (χ4v) is 7.74. The van der Waals surface area contributed by atoms with Crippen LogP contribution in [0, 0.1) is 0 Å². The number of aliphatic hydroxyl groups excluding tert-OH is 1. The van der Waals surface area contributed by atoms with Crippen LogP contribution in [-0.4, -0.2) is 31.9 Å². The van der Waals surface area contributed by atoms with Gasteiger partial charge in [-0.2, -0.15) is 12.6 Å². The summed E-state index contributed by atoms with van der Waals surface area (Å²) in [6.45, 7) is 6.99. The molecule has 0 unspecified atom stereocenters. The lowest BCUT2D eigenvalue weighted by molar-refractivity contribution is 0.121. The molecular weight excluding hydrogens is 320 g/mol. The molecule has 0 aromatic heterocycles. The summed E-state index contributed by atoms with van der Waals surface area (Å²) in [5, 5.41) is 12.4. The molecule has 0 amide bonds. The zero-order chi connectivity index (χ0) is 16.9. The molecule has 0 bridgehead atoms. The second-order valence-corrected chi connectivity index (χ2v) is 11.5. The van der Waals surface area contributed by atoms with Crippen LogP contribution in [0.1, 0.15) is 20.8 Å². The highest BCUT2D eigenvalue weighted by Crippen LogP contribution is 2.36. The zero-order valence-electron chi connectivity index (χ0n) is 14.1. The Hall–Kier alpha value is -1.07. The van der Waals surface area contributed by atoms with Crippen molar-refractivity contribution in [3.8, 4) is 0 Å². The average molecular weight is 347 g/mol. The first-order valence-electron chi connectivity index (χ1n) is 7.96. The summed E-state index contributed by atoms with van der Waals surface area (Å²) in [5.41, 5.74) is 0. The maximum Gasteiger partial charge on any atom is 0.261 e. The van der Waals surface area contributed by atoms with Crippen LogP contribution in [-0.2, 0) is 4.43 Å². The largest absolute Gasteiger partial charge is 0.405 e. The predicted octanol–water partition coefficient (Wildman–Crippen LogP) is 2.85. The minimum absolute atomic E-state index is 0.0635. The van der Waals surface area contributed by atoms with Crippen LogP contribution in [0.4, 0.5) is 0 Å². The molecule has 0 fully saturated rings. The summed E-state index contributed by atoms with van der Waals surface area (Å²) >= 11 is 4.18. The zero-order valence-corrected chi connectivity index (χ0v) is 16.0. The Bertz CT molecular complexity index is 556. The van der Waals surface area contributed by atoms with Gasteiger partial charge in [0.05, 0.1) is 12.7 Å². The highest BCUT2D eigenvalue weighted by atomic mass is 32.1. The SMILES string of the molecule is CC(C)(C)[Si](OC[C@H](O)CS)(c1ccccc1)c1ccccc1. The molecular formula is C19H26O2SSi. The molecule has 2 aromatic rings. The van der Waals surface area contributed by atoms with Crippen LogP contribution < -0.4 is 10.4 Å². The van der Waals surface area contributed by atoms with Crippen molar-refractivity contribution in [3.05, 3.63) is 60.7 Å². The molecule has 1 atom stereocenters. The second kappa shape index (κ2) is 7.66. The normalized spacial score (nSPS) is 13.8. The minimum atomic E-state index is -2.52. The van der Waals surface area contributed by atoms with Gasteiger partial charge in [0.25, 0.3) is 8.32 Å². The first kappa shape index (κ1) is 18.3. The van der Waals surface area contributed by atoms with E-state index in [1.54, 1.807) is 0 Å². The summed E-state index contributed by atoms with van der Waals surface area (Å²) in [5.74, 6) is 0.401. The second-order valence-electron chi connectivity index (χ2n) is 6.81. The van der Waals surface area contributed by atoms with E-state index in [-0.39, 0.29) is 5.04 Å². The average Bonchev–Trinajstić information content (AvgIpc) is 2.56. The Morgan fingerprint density at radius 2 is 1.39 bits per heavy atom. The van der Waals surface area contributed by atoms with Gasteiger partial charge in [-0.05, 0) is 15.4 Å². The molecule has 0 saturated carbocycles. The molecule has 4 heteroatoms. The Balaban J connectivity index is 2.60. The fourth-order valence-electron chi connectivity index (χ4n) is 3.04. The summed E-state index contributed by atoms with van der Waals surface area (Å²) in [7, 11) is -2.52. The van der Waals surface area contributed by atoms with Crippen LogP contribution in [0.5, 0.6) is 0 Å². The van der Waals surface area contributed by atoms with Gasteiger partial charge in [-0.1, -0.05) is 81.4 Å². The number of rotatable bonds is 6. The molecule has 0 aliphatic carbocycles. The van der Waals surface area contributed by atoms with E-state index in [0.717, 1.165) is 0 Å². The van der Waals surface area contributed by atoms with Gasteiger partial charge in [0.1, 0.15) is 0 Å². The van der Waals surface area contributed by atoms with E-state index < -0.39 is 14.4 Å². The number of aliphatic hydroxyl groups is 1. The Kier molecular flexibility index (Phi) is 6.09. The highest BCUT2D eigenvalue weighted by Gasteiger charge is 2.50. The molecule has 0 radical (unpaired) electrons. The third kappa shape index (κ3) is 3.89. The maximum atomic E-state index is 10.0. The molecule has 0 aliphatic rings. The highest BCUT2D eigenvalue weighted by molar-refractivity contribution is 7.80. The number of benzene rings is 2. The molecule has 0 aliphatic heterocycles. The van der Waals surface area contributed by atoms with E-state index in [1.807, 2.05) is 12.1 Å². The molecule has 2 aromatic carbocycles. The van der Waals surface area contributed by atoms with Crippen molar-refractivity contribution >= 4 is 31.3 Å². The van der Waals surface area contributed by atoms with Gasteiger partial charge in [-0.15, -0.1) is 0 Å². The van der Waals surface area contributed by atoms with Gasteiger partial charge < -0.3 is 9.53 Å². The lowest BCUT2D eigenvalue weighted by atomic mass is 10.2. The molecule has 2 rings (SSSR count). The minimum Gasteiger partial charge on any atom is -0.405 e. The monoisotopic (exact) mass is 346 g/mol. The molecule has 2 nitrogen and oxygen atoms in total. The summed E-state index contributed by atoms with van der Waals surface area (Å²) in [6, 6.07) is 20.9. The predicted molar refractivity (Wildman–Crippen MR) is 103 cm³/mol. The van der Waals surface area contributed by atoms with Crippen molar-refractivity contribution in [2.45, 2.75) is 31.9 Å². The molecule has 0 heterocycles. The van der Waals surface area contributed by atoms with Gasteiger partial charge in [-0.3, -0.25) is 0 Å². The Morgan fingerprint density at radius 3 is 1.74 bits per heavy atom. The van der Waals surface area contributed by atoms with E-state index in [2.05, 4.69) is 81.9 Å². The van der Waals surface area contributed by atoms with Crippen molar-refractivity contribution in [2.75, 3.05) is 12.4 Å². The first-order chi connectivity index (χ1) is 10.9. The van der Waals surface area contributed by atoms with Gasteiger partial charge in [0, 0.05) is 5.75 Å². The van der Waals surface area contributed by atoms with E-state index in [0.29, 0.717) is 12.4 Å². The molecule has 23 heavy (non-hydrogen) atoms. The van der Waals surface area contributed by atoms with E-state index in [4.69, 9.17) is 4.43 Å². The van der Waals surface area contributed by atoms with Crippen molar-refractivity contribution in [1.82, 2.24) is 0 Å². The van der Waals surface area contributed by atoms with Gasteiger partial charge in [0.15, 0.2) is 0 Å². The van der Waals surface area contributed by atoms with Crippen molar-refractivity contribution in [2.24, 2.45) is 0 Å². The lowest BCUT2D eigenvalue weighted by Gasteiger charge is -2.43. The van der Waals surface area contributed by atoms with E-state index in [1.165, 1.54) is 10.4 Å².